The first kappa shape index (κ1) is 8.49. The third-order valence-corrected chi connectivity index (χ3v) is 0.854. The Labute approximate surface area is 61.2 Å². The Morgan fingerprint density at radius 3 is 1.78 bits per heavy atom. The first-order valence-electron chi connectivity index (χ1n) is 2.45. The fourth-order valence-electron chi connectivity index (χ4n) is 0.485. The van der Waals surface area contributed by atoms with Gasteiger partial charge in [-0.2, -0.15) is 13.5 Å². The highest BCUT2D eigenvalue weighted by molar-refractivity contribution is 7.59. The van der Waals surface area contributed by atoms with Crippen molar-refractivity contribution in [2.24, 2.45) is 0 Å². The lowest BCUT2D eigenvalue weighted by atomic mass is 10.5. The third-order valence-electron chi connectivity index (χ3n) is 0.854. The van der Waals surface area contributed by atoms with Crippen molar-refractivity contribution in [2.75, 3.05) is 0 Å². The summed E-state index contributed by atoms with van der Waals surface area (Å²) in [6, 6.07) is 0. The van der Waals surface area contributed by atoms with Crippen LogP contribution in [0.2, 0.25) is 0 Å². The van der Waals surface area contributed by atoms with Crippen LogP contribution in [0.1, 0.15) is 0 Å². The molecule has 0 fully saturated rings. The van der Waals surface area contributed by atoms with Gasteiger partial charge < -0.3 is 10.3 Å². The maximum absolute atomic E-state index is 10.5. The maximum atomic E-state index is 10.5. The highest BCUT2D eigenvalue weighted by atomic mass is 32.1. The van der Waals surface area contributed by atoms with Crippen molar-refractivity contribution < 1.29 is 5.06 Å². The summed E-state index contributed by atoms with van der Waals surface area (Å²) < 4.78 is 0. The second-order valence-electron chi connectivity index (χ2n) is 1.51. The molecule has 1 N–H and O–H groups in total. The normalized spacial score (nSPS) is 17.0. The van der Waals surface area contributed by atoms with E-state index in [4.69, 9.17) is 0 Å². The van der Waals surface area contributed by atoms with Gasteiger partial charge in [0.05, 0.1) is 12.4 Å². The smallest absolute Gasteiger partial charge is 0.0988 e. The molecule has 1 aliphatic heterocycles. The molecule has 0 amide bonds. The molecular weight excluding hydrogens is 134 g/mol. The number of hydrogen-bond acceptors (Lipinski definition) is 1. The van der Waals surface area contributed by atoms with Gasteiger partial charge in [-0.1, -0.05) is 12.2 Å². The van der Waals surface area contributed by atoms with E-state index in [0.717, 1.165) is 0 Å². The average molecular weight is 143 g/mol. The summed E-state index contributed by atoms with van der Waals surface area (Å²) in [6.07, 6.45) is 10.1. The van der Waals surface area contributed by atoms with E-state index in [1.54, 1.807) is 12.2 Å². The van der Waals surface area contributed by atoms with E-state index in [9.17, 15) is 5.21 Å². The second-order valence-corrected chi connectivity index (χ2v) is 1.51. The Bertz CT molecular complexity index is 135. The van der Waals surface area contributed by atoms with E-state index in [-0.39, 0.29) is 18.6 Å². The predicted molar refractivity (Wildman–Crippen MR) is 42.1 cm³/mol. The molecule has 0 radical (unpaired) electrons. The van der Waals surface area contributed by atoms with Crippen LogP contribution in [0.15, 0.2) is 36.7 Å². The lowest BCUT2D eigenvalue weighted by Crippen LogP contribution is -2.96. The minimum Gasteiger partial charge on any atom is -0.624 e. The van der Waals surface area contributed by atoms with Crippen LogP contribution < -0.4 is 5.06 Å². The number of nitrogens with one attached hydrogen (secondary N) is 1. The molecule has 0 aromatic carbocycles. The molecule has 0 atom stereocenters. The van der Waals surface area contributed by atoms with Crippen LogP contribution in [0.25, 0.3) is 0 Å². The van der Waals surface area contributed by atoms with Gasteiger partial charge in [0.2, 0.25) is 0 Å². The Morgan fingerprint density at radius 1 is 0.889 bits per heavy atom. The molecule has 0 aromatic heterocycles. The predicted octanol–water partition coefficient (Wildman–Crippen LogP) is 0.0791. The van der Waals surface area contributed by atoms with Gasteiger partial charge in [0.25, 0.3) is 0 Å². The van der Waals surface area contributed by atoms with Crippen molar-refractivity contribution in [3.05, 3.63) is 41.9 Å². The van der Waals surface area contributed by atoms with Gasteiger partial charge in [0.1, 0.15) is 0 Å². The zero-order valence-electron chi connectivity index (χ0n) is 4.87. The molecule has 0 saturated heterocycles. The summed E-state index contributed by atoms with van der Waals surface area (Å²) in [5.41, 5.74) is 0. The van der Waals surface area contributed by atoms with Crippen LogP contribution in [0, 0.1) is 5.21 Å². The van der Waals surface area contributed by atoms with Crippen LogP contribution in [0.3, 0.4) is 0 Å². The van der Waals surface area contributed by atoms with Crippen molar-refractivity contribution in [1.29, 1.82) is 0 Å². The lowest BCUT2D eigenvalue weighted by molar-refractivity contribution is -0.729. The van der Waals surface area contributed by atoms with Crippen LogP contribution in [0.4, 0.5) is 0 Å². The summed E-state index contributed by atoms with van der Waals surface area (Å²) in [5, 5.41) is 10.5. The molecule has 50 valence electrons. The van der Waals surface area contributed by atoms with E-state index in [2.05, 4.69) is 0 Å². The summed E-state index contributed by atoms with van der Waals surface area (Å²) >= 11 is 0. The molecule has 2 nitrogen and oxygen atoms in total. The molecule has 0 spiro atoms. The van der Waals surface area contributed by atoms with Crippen LogP contribution in [0.5, 0.6) is 0 Å². The SMILES string of the molecule is S.[O-][NH+]1C=CC=CC=C1. The van der Waals surface area contributed by atoms with Gasteiger partial charge in [-0.25, -0.2) is 0 Å². The molecule has 3 heteroatoms. The Balaban J connectivity index is 0.000000640. The van der Waals surface area contributed by atoms with E-state index in [0.29, 0.717) is 0 Å². The minimum absolute atomic E-state index is 0. The van der Waals surface area contributed by atoms with Gasteiger partial charge in [-0.3, -0.25) is 0 Å². The van der Waals surface area contributed by atoms with Crippen LogP contribution in [-0.2, 0) is 0 Å². The zero-order valence-corrected chi connectivity index (χ0v) is 5.87. The second kappa shape index (κ2) is 4.38. The van der Waals surface area contributed by atoms with Gasteiger partial charge in [-0.05, 0) is 12.2 Å². The lowest BCUT2D eigenvalue weighted by Gasteiger charge is -2.07. The number of hydroxylamine groups is 2. The highest BCUT2D eigenvalue weighted by Crippen LogP contribution is 1.77. The highest BCUT2D eigenvalue weighted by Gasteiger charge is 1.81. The van der Waals surface area contributed by atoms with E-state index in [1.165, 1.54) is 12.4 Å². The average Bonchev–Trinajstić information content (AvgIpc) is 1.94. The molecule has 1 heterocycles. The van der Waals surface area contributed by atoms with Gasteiger partial charge in [-0.15, -0.1) is 0 Å². The van der Waals surface area contributed by atoms with Crippen molar-refractivity contribution in [1.82, 2.24) is 0 Å². The number of quaternary nitrogens is 1. The first-order valence-corrected chi connectivity index (χ1v) is 2.45. The minimum atomic E-state index is 0. The summed E-state index contributed by atoms with van der Waals surface area (Å²) in [7, 11) is 0. The molecular formula is C6H9NOS. The van der Waals surface area contributed by atoms with Crippen molar-refractivity contribution in [3.63, 3.8) is 0 Å². The van der Waals surface area contributed by atoms with Crippen molar-refractivity contribution >= 4 is 13.5 Å². The van der Waals surface area contributed by atoms with Gasteiger partial charge in [0, 0.05) is 0 Å². The monoisotopic (exact) mass is 143 g/mol. The number of hydrogen-bond donors (Lipinski definition) is 1. The standard InChI is InChI=1S/C6H7NO.H2S/c8-7-5-3-1-2-4-6-7;/h1-7H;1H2. The summed E-state index contributed by atoms with van der Waals surface area (Å²) in [6.45, 7) is 0. The summed E-state index contributed by atoms with van der Waals surface area (Å²) in [4.78, 5) is 0. The Morgan fingerprint density at radius 2 is 1.33 bits per heavy atom. The van der Waals surface area contributed by atoms with Gasteiger partial charge >= 0.3 is 0 Å². The van der Waals surface area contributed by atoms with Crippen LogP contribution in [-0.4, -0.2) is 0 Å². The van der Waals surface area contributed by atoms with Crippen molar-refractivity contribution in [3.8, 4) is 0 Å². The zero-order chi connectivity index (χ0) is 5.82. The molecule has 1 aliphatic rings. The van der Waals surface area contributed by atoms with Crippen LogP contribution >= 0.6 is 13.5 Å². The molecule has 0 saturated carbocycles. The fraction of sp³-hybridized carbons (Fsp3) is 0. The molecule has 0 unspecified atom stereocenters. The first-order chi connectivity index (χ1) is 3.89. The molecule has 0 aliphatic carbocycles. The largest absolute Gasteiger partial charge is 0.624 e. The quantitative estimate of drug-likeness (QED) is 0.478. The Kier molecular flexibility index (Phi) is 4.13. The number of rotatable bonds is 0. The fourth-order valence-corrected chi connectivity index (χ4v) is 0.485. The Hall–Kier alpha value is -0.510. The van der Waals surface area contributed by atoms with E-state index >= 15 is 0 Å². The third kappa shape index (κ3) is 3.13. The van der Waals surface area contributed by atoms with Gasteiger partial charge in [0.15, 0.2) is 0 Å². The molecule has 0 bridgehead atoms. The van der Waals surface area contributed by atoms with E-state index in [1.807, 2.05) is 12.2 Å². The maximum Gasteiger partial charge on any atom is 0.0988 e. The van der Waals surface area contributed by atoms with Crippen molar-refractivity contribution in [2.45, 2.75) is 0 Å². The number of allylic oxidation sites excluding steroid dienone is 4. The van der Waals surface area contributed by atoms with E-state index < -0.39 is 0 Å². The topological polar surface area (TPSA) is 27.5 Å². The molecule has 0 aromatic rings. The molecule has 1 rings (SSSR count). The summed E-state index contributed by atoms with van der Waals surface area (Å²) in [5.74, 6) is 0. The molecule has 9 heavy (non-hydrogen) atoms.